The van der Waals surface area contributed by atoms with Crippen molar-refractivity contribution >= 4 is 11.0 Å². The molecule has 7 rings (SSSR count). The third-order valence-electron chi connectivity index (χ3n) is 7.54. The molecule has 184 valence electrons. The van der Waals surface area contributed by atoms with Crippen LogP contribution in [0, 0.1) is 11.6 Å². The van der Waals surface area contributed by atoms with Gasteiger partial charge in [-0.05, 0) is 37.3 Å². The molecular formula is C27H24F2N4O3. The van der Waals surface area contributed by atoms with Crippen molar-refractivity contribution < 1.29 is 23.0 Å². The fourth-order valence-electron chi connectivity index (χ4n) is 5.22. The molecule has 2 saturated heterocycles. The number of rotatable bonds is 5. The SMILES string of the molecule is CC12OCCC1OCC2Oc1nc2c(F)c(-c3ccc(-c4cnc(C5CC5)nc4)cc3)c(F)cc2[nH]1. The van der Waals surface area contributed by atoms with Crippen molar-refractivity contribution in [3.63, 3.8) is 0 Å². The molecule has 4 aromatic rings. The second-order valence-electron chi connectivity index (χ2n) is 9.92. The number of benzene rings is 2. The van der Waals surface area contributed by atoms with Crippen LogP contribution in [0.15, 0.2) is 42.7 Å². The standard InChI is InChI=1S/C27H24F2N4O3/c1-27-20(8-9-35-27)34-13-21(27)36-26-32-19-10-18(28)22(23(29)24(19)33-26)15-4-2-14(3-5-15)17-11-30-25(31-12-17)16-6-7-16/h2-5,10-12,16,20-21H,6-9,13H2,1H3,(H,32,33). The van der Waals surface area contributed by atoms with Gasteiger partial charge in [-0.1, -0.05) is 24.3 Å². The van der Waals surface area contributed by atoms with E-state index in [1.807, 2.05) is 19.1 Å². The van der Waals surface area contributed by atoms with Gasteiger partial charge in [0.1, 0.15) is 22.8 Å². The highest BCUT2D eigenvalue weighted by atomic mass is 19.1. The summed E-state index contributed by atoms with van der Waals surface area (Å²) in [6, 6.07) is 8.35. The lowest BCUT2D eigenvalue weighted by Gasteiger charge is -2.27. The lowest BCUT2D eigenvalue weighted by Crippen LogP contribution is -2.45. The van der Waals surface area contributed by atoms with Gasteiger partial charge in [0.05, 0.1) is 30.4 Å². The average Bonchev–Trinajstić information content (AvgIpc) is 3.45. The number of fused-ring (bicyclic) bond motifs is 2. The smallest absolute Gasteiger partial charge is 0.295 e. The molecule has 2 aromatic carbocycles. The molecule has 1 N–H and O–H groups in total. The molecule has 1 saturated carbocycles. The Morgan fingerprint density at radius 1 is 1.03 bits per heavy atom. The largest absolute Gasteiger partial charge is 0.456 e. The number of H-pyrrole nitrogens is 1. The van der Waals surface area contributed by atoms with Gasteiger partial charge < -0.3 is 19.2 Å². The Labute approximate surface area is 205 Å². The first-order valence-electron chi connectivity index (χ1n) is 12.2. The van der Waals surface area contributed by atoms with E-state index in [1.54, 1.807) is 24.5 Å². The first kappa shape index (κ1) is 21.8. The number of imidazole rings is 1. The lowest BCUT2D eigenvalue weighted by atomic mass is 9.96. The average molecular weight is 491 g/mol. The molecule has 3 aliphatic rings. The van der Waals surface area contributed by atoms with Crippen LogP contribution in [0.2, 0.25) is 0 Å². The van der Waals surface area contributed by atoms with Crippen molar-refractivity contribution in [1.82, 2.24) is 19.9 Å². The van der Waals surface area contributed by atoms with Crippen LogP contribution in [0.25, 0.3) is 33.3 Å². The zero-order valence-electron chi connectivity index (χ0n) is 19.6. The fraction of sp³-hybridized carbons (Fsp3) is 0.370. The Hall–Kier alpha value is -3.43. The number of aromatic amines is 1. The number of nitrogens with one attached hydrogen (secondary N) is 1. The zero-order chi connectivity index (χ0) is 24.4. The van der Waals surface area contributed by atoms with Crippen molar-refractivity contribution in [2.24, 2.45) is 0 Å². The van der Waals surface area contributed by atoms with Crippen LogP contribution in [-0.2, 0) is 9.47 Å². The first-order chi connectivity index (χ1) is 17.5. The Morgan fingerprint density at radius 3 is 2.53 bits per heavy atom. The van der Waals surface area contributed by atoms with Gasteiger partial charge in [-0.25, -0.2) is 18.7 Å². The predicted molar refractivity (Wildman–Crippen MR) is 128 cm³/mol. The minimum Gasteiger partial charge on any atom is -0.456 e. The van der Waals surface area contributed by atoms with E-state index in [0.29, 0.717) is 24.7 Å². The normalized spacial score (nSPS) is 25.4. The summed E-state index contributed by atoms with van der Waals surface area (Å²) >= 11 is 0. The molecule has 4 heterocycles. The van der Waals surface area contributed by atoms with Gasteiger partial charge in [-0.15, -0.1) is 0 Å². The molecule has 2 aromatic heterocycles. The number of hydrogen-bond acceptors (Lipinski definition) is 6. The molecule has 0 amide bonds. The van der Waals surface area contributed by atoms with Crippen LogP contribution in [-0.4, -0.2) is 51.0 Å². The van der Waals surface area contributed by atoms with E-state index in [0.717, 1.165) is 36.2 Å². The Bertz CT molecular complexity index is 1450. The third kappa shape index (κ3) is 3.49. The minimum atomic E-state index is -0.746. The van der Waals surface area contributed by atoms with Crippen molar-refractivity contribution in [3.05, 3.63) is 60.2 Å². The van der Waals surface area contributed by atoms with Gasteiger partial charge in [0.25, 0.3) is 6.01 Å². The Kier molecular flexibility index (Phi) is 4.87. The third-order valence-corrected chi connectivity index (χ3v) is 7.54. The molecule has 36 heavy (non-hydrogen) atoms. The summed E-state index contributed by atoms with van der Waals surface area (Å²) in [6.45, 7) is 2.89. The van der Waals surface area contributed by atoms with Gasteiger partial charge >= 0.3 is 0 Å². The van der Waals surface area contributed by atoms with Gasteiger partial charge in [-0.2, -0.15) is 4.98 Å². The molecule has 0 bridgehead atoms. The highest BCUT2D eigenvalue weighted by Crippen LogP contribution is 2.40. The van der Waals surface area contributed by atoms with Crippen LogP contribution in [0.1, 0.15) is 37.9 Å². The monoisotopic (exact) mass is 490 g/mol. The summed E-state index contributed by atoms with van der Waals surface area (Å²) in [4.78, 5) is 16.1. The molecule has 3 fully saturated rings. The van der Waals surface area contributed by atoms with Crippen LogP contribution in [0.3, 0.4) is 0 Å². The van der Waals surface area contributed by atoms with Crippen LogP contribution < -0.4 is 4.74 Å². The molecule has 9 heteroatoms. The summed E-state index contributed by atoms with van der Waals surface area (Å²) in [5.41, 5.74) is 1.66. The van der Waals surface area contributed by atoms with Gasteiger partial charge in [0.2, 0.25) is 0 Å². The van der Waals surface area contributed by atoms with Crippen molar-refractivity contribution in [2.45, 2.75) is 49.9 Å². The summed E-state index contributed by atoms with van der Waals surface area (Å²) in [5, 5.41) is 0. The van der Waals surface area contributed by atoms with E-state index in [1.165, 1.54) is 6.07 Å². The summed E-state index contributed by atoms with van der Waals surface area (Å²) < 4.78 is 48.3. The lowest BCUT2D eigenvalue weighted by molar-refractivity contribution is -0.0551. The summed E-state index contributed by atoms with van der Waals surface area (Å²) in [7, 11) is 0. The first-order valence-corrected chi connectivity index (χ1v) is 12.2. The van der Waals surface area contributed by atoms with E-state index in [-0.39, 0.29) is 28.7 Å². The second-order valence-corrected chi connectivity index (χ2v) is 9.92. The van der Waals surface area contributed by atoms with Crippen LogP contribution in [0.4, 0.5) is 8.78 Å². The number of aromatic nitrogens is 4. The highest BCUT2D eigenvalue weighted by Gasteiger charge is 2.54. The van der Waals surface area contributed by atoms with Gasteiger partial charge in [0, 0.05) is 29.9 Å². The maximum absolute atomic E-state index is 15.5. The van der Waals surface area contributed by atoms with E-state index >= 15 is 8.78 Å². The molecule has 3 atom stereocenters. The quantitative estimate of drug-likeness (QED) is 0.416. The van der Waals surface area contributed by atoms with Gasteiger partial charge in [0.15, 0.2) is 11.9 Å². The molecular weight excluding hydrogens is 466 g/mol. The van der Waals surface area contributed by atoms with Crippen molar-refractivity contribution in [3.8, 4) is 28.3 Å². The van der Waals surface area contributed by atoms with E-state index < -0.39 is 23.3 Å². The number of halogens is 2. The Morgan fingerprint density at radius 2 is 1.78 bits per heavy atom. The molecule has 1 aliphatic carbocycles. The van der Waals surface area contributed by atoms with Crippen molar-refractivity contribution in [1.29, 1.82) is 0 Å². The van der Waals surface area contributed by atoms with E-state index in [2.05, 4.69) is 19.9 Å². The fourth-order valence-corrected chi connectivity index (χ4v) is 5.22. The minimum absolute atomic E-state index is 0.0162. The van der Waals surface area contributed by atoms with E-state index in [4.69, 9.17) is 14.2 Å². The van der Waals surface area contributed by atoms with Crippen LogP contribution in [0.5, 0.6) is 6.01 Å². The molecule has 3 unspecified atom stereocenters. The predicted octanol–water partition coefficient (Wildman–Crippen LogP) is 5.17. The molecule has 7 nitrogen and oxygen atoms in total. The molecule has 0 spiro atoms. The summed E-state index contributed by atoms with van der Waals surface area (Å²) in [6.07, 6.45) is 6.24. The maximum Gasteiger partial charge on any atom is 0.295 e. The van der Waals surface area contributed by atoms with E-state index in [9.17, 15) is 0 Å². The topological polar surface area (TPSA) is 82.2 Å². The summed E-state index contributed by atoms with van der Waals surface area (Å²) in [5.74, 6) is -0.0709. The van der Waals surface area contributed by atoms with Gasteiger partial charge in [-0.3, -0.25) is 0 Å². The Balaban J connectivity index is 1.17. The molecule has 2 aliphatic heterocycles. The number of nitrogens with zero attached hydrogens (tertiary/aromatic N) is 3. The maximum atomic E-state index is 15.5. The molecule has 0 radical (unpaired) electrons. The highest BCUT2D eigenvalue weighted by molar-refractivity contribution is 5.84. The van der Waals surface area contributed by atoms with Crippen LogP contribution >= 0.6 is 0 Å². The van der Waals surface area contributed by atoms with Crippen molar-refractivity contribution in [2.75, 3.05) is 13.2 Å². The number of ether oxygens (including phenoxy) is 3. The second kappa shape index (κ2) is 8.04. The number of hydrogen-bond donors (Lipinski definition) is 1. The zero-order valence-corrected chi connectivity index (χ0v) is 19.6.